The van der Waals surface area contributed by atoms with Gasteiger partial charge in [-0.25, -0.2) is 0 Å². The van der Waals surface area contributed by atoms with Gasteiger partial charge in [-0.05, 0) is 12.8 Å². The molecule has 80 valence electrons. The first-order valence-electron chi connectivity index (χ1n) is 5.46. The molecule has 0 unspecified atom stereocenters. The maximum absolute atomic E-state index is 11.4. The maximum Gasteiger partial charge on any atom is 0.247 e. The number of carbonyl (C=O) groups excluding carboxylic acids is 1. The predicted molar refractivity (Wildman–Crippen MR) is 57.9 cm³/mol. The summed E-state index contributed by atoms with van der Waals surface area (Å²) in [5.41, 5.74) is 0. The van der Waals surface area contributed by atoms with Crippen LogP contribution in [0.25, 0.3) is 0 Å². The fourth-order valence-electron chi connectivity index (χ4n) is 1.56. The van der Waals surface area contributed by atoms with Crippen molar-refractivity contribution in [3.8, 4) is 0 Å². The van der Waals surface area contributed by atoms with E-state index in [9.17, 15) is 4.79 Å². The van der Waals surface area contributed by atoms with Crippen LogP contribution in [0, 0.1) is 0 Å². The molecule has 0 spiro atoms. The molecule has 0 saturated heterocycles. The van der Waals surface area contributed by atoms with Crippen molar-refractivity contribution in [2.75, 3.05) is 20.1 Å². The quantitative estimate of drug-likeness (QED) is 0.637. The third-order valence-electron chi connectivity index (χ3n) is 2.53. The van der Waals surface area contributed by atoms with Gasteiger partial charge in [0.2, 0.25) is 5.91 Å². The summed E-state index contributed by atoms with van der Waals surface area (Å²) in [6.07, 6.45) is 9.52. The molecular weight excluding hydrogens is 176 g/mol. The lowest BCUT2D eigenvalue weighted by atomic mass is 10.1. The summed E-state index contributed by atoms with van der Waals surface area (Å²) in [6.45, 7) is 1.86. The summed E-state index contributed by atoms with van der Waals surface area (Å²) < 4.78 is 0. The minimum absolute atomic E-state index is 0.0954. The van der Waals surface area contributed by atoms with Gasteiger partial charge in [0, 0.05) is 32.4 Å². The molecule has 0 saturated carbocycles. The summed E-state index contributed by atoms with van der Waals surface area (Å²) >= 11 is 0. The van der Waals surface area contributed by atoms with E-state index in [0.717, 1.165) is 19.5 Å². The first kappa shape index (κ1) is 11.1. The molecular formula is C11H20N2O. The Morgan fingerprint density at radius 2 is 1.93 bits per heavy atom. The van der Waals surface area contributed by atoms with E-state index in [4.69, 9.17) is 0 Å². The second kappa shape index (κ2) is 6.46. The Balaban J connectivity index is 2.39. The summed E-state index contributed by atoms with van der Waals surface area (Å²) in [7, 11) is 1.86. The molecule has 0 aromatic heterocycles. The Hall–Kier alpha value is -0.990. The van der Waals surface area contributed by atoms with Crippen LogP contribution in [0.3, 0.4) is 0 Å². The standard InChI is InChI=1S/C11H20N2O/c1-13-10-6-4-2-3-5-8-12-9-7-11(13)14/h7,9,12H,2-6,8,10H2,1H3/b9-7+. The van der Waals surface area contributed by atoms with E-state index in [0.29, 0.717) is 0 Å². The SMILES string of the molecule is CN1CCCCCCCN/C=C/C1=O. The molecule has 0 fully saturated rings. The molecule has 0 aromatic carbocycles. The lowest BCUT2D eigenvalue weighted by molar-refractivity contribution is -0.124. The van der Waals surface area contributed by atoms with Crippen LogP contribution in [-0.4, -0.2) is 30.9 Å². The summed E-state index contributed by atoms with van der Waals surface area (Å²) in [5.74, 6) is 0.0954. The molecule has 14 heavy (non-hydrogen) atoms. The van der Waals surface area contributed by atoms with Crippen molar-refractivity contribution in [1.82, 2.24) is 10.2 Å². The van der Waals surface area contributed by atoms with Crippen LogP contribution in [0.5, 0.6) is 0 Å². The van der Waals surface area contributed by atoms with Crippen LogP contribution in [0.4, 0.5) is 0 Å². The van der Waals surface area contributed by atoms with Gasteiger partial charge in [0.25, 0.3) is 0 Å². The van der Waals surface area contributed by atoms with Crippen molar-refractivity contribution in [2.24, 2.45) is 0 Å². The molecule has 1 heterocycles. The number of rotatable bonds is 0. The monoisotopic (exact) mass is 196 g/mol. The molecule has 0 aromatic rings. The van der Waals surface area contributed by atoms with Gasteiger partial charge in [0.05, 0.1) is 0 Å². The zero-order valence-electron chi connectivity index (χ0n) is 8.96. The number of hydrogen-bond donors (Lipinski definition) is 1. The molecule has 1 aliphatic rings. The number of hydrogen-bond acceptors (Lipinski definition) is 2. The largest absolute Gasteiger partial charge is 0.391 e. The topological polar surface area (TPSA) is 32.3 Å². The van der Waals surface area contributed by atoms with Crippen LogP contribution in [0.15, 0.2) is 12.3 Å². The Bertz CT molecular complexity index is 201. The van der Waals surface area contributed by atoms with E-state index in [1.54, 1.807) is 17.2 Å². The number of nitrogens with zero attached hydrogens (tertiary/aromatic N) is 1. The third kappa shape index (κ3) is 4.30. The summed E-state index contributed by atoms with van der Waals surface area (Å²) in [4.78, 5) is 13.2. The smallest absolute Gasteiger partial charge is 0.247 e. The van der Waals surface area contributed by atoms with Gasteiger partial charge < -0.3 is 10.2 Å². The third-order valence-corrected chi connectivity index (χ3v) is 2.53. The van der Waals surface area contributed by atoms with Crippen molar-refractivity contribution in [1.29, 1.82) is 0 Å². The van der Waals surface area contributed by atoms with Crippen LogP contribution in [-0.2, 0) is 4.79 Å². The molecule has 0 bridgehead atoms. The second-order valence-electron chi connectivity index (χ2n) is 3.82. The van der Waals surface area contributed by atoms with Crippen LogP contribution in [0.2, 0.25) is 0 Å². The summed E-state index contributed by atoms with van der Waals surface area (Å²) in [6, 6.07) is 0. The van der Waals surface area contributed by atoms with Crippen LogP contribution >= 0.6 is 0 Å². The molecule has 0 radical (unpaired) electrons. The summed E-state index contributed by atoms with van der Waals surface area (Å²) in [5, 5.41) is 3.13. The minimum atomic E-state index is 0.0954. The molecule has 0 atom stereocenters. The molecule has 3 heteroatoms. The van der Waals surface area contributed by atoms with E-state index >= 15 is 0 Å². The number of carbonyl (C=O) groups is 1. The zero-order valence-corrected chi connectivity index (χ0v) is 8.96. The fraction of sp³-hybridized carbons (Fsp3) is 0.727. The van der Waals surface area contributed by atoms with E-state index in [1.807, 2.05) is 7.05 Å². The lowest BCUT2D eigenvalue weighted by Crippen LogP contribution is -2.26. The fourth-order valence-corrected chi connectivity index (χ4v) is 1.56. The van der Waals surface area contributed by atoms with Crippen LogP contribution < -0.4 is 5.32 Å². The van der Waals surface area contributed by atoms with Gasteiger partial charge in [-0.15, -0.1) is 0 Å². The Labute approximate surface area is 86.2 Å². The van der Waals surface area contributed by atoms with E-state index < -0.39 is 0 Å². The van der Waals surface area contributed by atoms with E-state index in [2.05, 4.69) is 5.32 Å². The first-order valence-corrected chi connectivity index (χ1v) is 5.46. The molecule has 0 aliphatic carbocycles. The first-order chi connectivity index (χ1) is 6.80. The minimum Gasteiger partial charge on any atom is -0.391 e. The van der Waals surface area contributed by atoms with Gasteiger partial charge >= 0.3 is 0 Å². The maximum atomic E-state index is 11.4. The molecule has 1 rings (SSSR count). The molecule has 1 N–H and O–H groups in total. The van der Waals surface area contributed by atoms with Gasteiger partial charge in [0.1, 0.15) is 0 Å². The number of nitrogens with one attached hydrogen (secondary N) is 1. The van der Waals surface area contributed by atoms with Crippen molar-refractivity contribution in [3.63, 3.8) is 0 Å². The van der Waals surface area contributed by atoms with Crippen LogP contribution in [0.1, 0.15) is 32.1 Å². The van der Waals surface area contributed by atoms with Gasteiger partial charge in [-0.1, -0.05) is 19.3 Å². The lowest BCUT2D eigenvalue weighted by Gasteiger charge is -2.15. The molecule has 1 aliphatic heterocycles. The highest BCUT2D eigenvalue weighted by Crippen LogP contribution is 2.04. The van der Waals surface area contributed by atoms with E-state index in [1.165, 1.54) is 25.7 Å². The van der Waals surface area contributed by atoms with E-state index in [-0.39, 0.29) is 5.91 Å². The second-order valence-corrected chi connectivity index (χ2v) is 3.82. The average molecular weight is 196 g/mol. The molecule has 3 nitrogen and oxygen atoms in total. The predicted octanol–water partition coefficient (Wildman–Crippen LogP) is 1.51. The van der Waals surface area contributed by atoms with Crippen molar-refractivity contribution in [2.45, 2.75) is 32.1 Å². The highest BCUT2D eigenvalue weighted by molar-refractivity contribution is 5.87. The Kier molecular flexibility index (Phi) is 5.12. The average Bonchev–Trinajstić information content (AvgIpc) is 2.18. The Morgan fingerprint density at radius 3 is 2.79 bits per heavy atom. The zero-order chi connectivity index (χ0) is 10.2. The van der Waals surface area contributed by atoms with Crippen molar-refractivity contribution in [3.05, 3.63) is 12.3 Å². The highest BCUT2D eigenvalue weighted by Gasteiger charge is 2.04. The molecule has 1 amide bonds. The van der Waals surface area contributed by atoms with Gasteiger partial charge in [-0.3, -0.25) is 4.79 Å². The Morgan fingerprint density at radius 1 is 1.21 bits per heavy atom. The highest BCUT2D eigenvalue weighted by atomic mass is 16.2. The van der Waals surface area contributed by atoms with Gasteiger partial charge in [-0.2, -0.15) is 0 Å². The van der Waals surface area contributed by atoms with Crippen molar-refractivity contribution >= 4 is 5.91 Å². The number of amides is 1. The normalized spacial score (nSPS) is 23.2. The van der Waals surface area contributed by atoms with Crippen molar-refractivity contribution < 1.29 is 4.79 Å². The number of likely N-dealkylation sites (N-methyl/N-ethyl adjacent to an activating group) is 1. The van der Waals surface area contributed by atoms with Gasteiger partial charge in [0.15, 0.2) is 0 Å².